The van der Waals surface area contributed by atoms with Crippen LogP contribution in [0.3, 0.4) is 0 Å². The van der Waals surface area contributed by atoms with Gasteiger partial charge in [0.25, 0.3) is 0 Å². The van der Waals surface area contributed by atoms with E-state index in [2.05, 4.69) is 11.4 Å². The normalized spacial score (nSPS) is 14.7. The first kappa shape index (κ1) is 26.6. The average Bonchev–Trinajstić information content (AvgIpc) is 2.87. The fraction of sp³-hybridized carbons (Fsp3) is 0.375. The first-order chi connectivity index (χ1) is 17.9. The van der Waals surface area contributed by atoms with E-state index in [0.29, 0.717) is 12.0 Å². The Morgan fingerprint density at radius 3 is 2.22 bits per heavy atom. The molecule has 4 nitrogen and oxygen atoms in total. The topological polar surface area (TPSA) is 49.4 Å². The van der Waals surface area contributed by atoms with Crippen molar-refractivity contribution in [3.63, 3.8) is 0 Å². The van der Waals surface area contributed by atoms with Gasteiger partial charge in [0.05, 0.1) is 6.42 Å². The summed E-state index contributed by atoms with van der Waals surface area (Å²) in [5.74, 6) is -0.730. The van der Waals surface area contributed by atoms with Gasteiger partial charge in [-0.2, -0.15) is 0 Å². The van der Waals surface area contributed by atoms with Crippen LogP contribution < -0.4 is 5.32 Å². The van der Waals surface area contributed by atoms with Crippen LogP contribution in [0.25, 0.3) is 0 Å². The maximum absolute atomic E-state index is 14.8. The molecule has 4 rings (SSSR count). The number of hydrogen-bond acceptors (Lipinski definition) is 2. The minimum absolute atomic E-state index is 0.0336. The average molecular weight is 501 g/mol. The van der Waals surface area contributed by atoms with E-state index in [0.717, 1.165) is 47.9 Å². The van der Waals surface area contributed by atoms with Crippen LogP contribution in [0, 0.1) is 19.7 Å². The van der Waals surface area contributed by atoms with Crippen LogP contribution in [-0.4, -0.2) is 28.8 Å². The highest BCUT2D eigenvalue weighted by molar-refractivity contribution is 5.89. The number of nitrogens with zero attached hydrogens (tertiary/aromatic N) is 1. The van der Waals surface area contributed by atoms with Crippen LogP contribution in [0.4, 0.5) is 4.39 Å². The van der Waals surface area contributed by atoms with Crippen molar-refractivity contribution in [2.75, 3.05) is 0 Å². The molecule has 0 bridgehead atoms. The molecule has 0 heterocycles. The van der Waals surface area contributed by atoms with Crippen molar-refractivity contribution in [2.45, 2.75) is 77.4 Å². The van der Waals surface area contributed by atoms with Gasteiger partial charge in [0.1, 0.15) is 11.9 Å². The minimum Gasteiger partial charge on any atom is -0.352 e. The molecule has 1 aliphatic carbocycles. The summed E-state index contributed by atoms with van der Waals surface area (Å²) in [6.45, 7) is 4.05. The number of carbonyl (C=O) groups is 2. The summed E-state index contributed by atoms with van der Waals surface area (Å²) in [7, 11) is 0. The summed E-state index contributed by atoms with van der Waals surface area (Å²) in [6.07, 6.45) is 5.80. The molecule has 0 radical (unpaired) electrons. The largest absolute Gasteiger partial charge is 0.352 e. The Labute approximate surface area is 219 Å². The highest BCUT2D eigenvalue weighted by atomic mass is 19.1. The third-order valence-electron chi connectivity index (χ3n) is 7.16. The zero-order valence-corrected chi connectivity index (χ0v) is 21.9. The summed E-state index contributed by atoms with van der Waals surface area (Å²) in [5, 5.41) is 3.23. The van der Waals surface area contributed by atoms with E-state index >= 15 is 0 Å². The number of halogens is 1. The lowest BCUT2D eigenvalue weighted by atomic mass is 9.94. The lowest BCUT2D eigenvalue weighted by Crippen LogP contribution is -2.53. The van der Waals surface area contributed by atoms with Gasteiger partial charge in [0.2, 0.25) is 11.8 Å². The first-order valence-corrected chi connectivity index (χ1v) is 13.3. The Bertz CT molecular complexity index is 1180. The number of benzene rings is 3. The van der Waals surface area contributed by atoms with Gasteiger partial charge in [0.15, 0.2) is 0 Å². The molecule has 0 aromatic heterocycles. The Balaban J connectivity index is 1.68. The van der Waals surface area contributed by atoms with Gasteiger partial charge in [-0.05, 0) is 43.9 Å². The maximum atomic E-state index is 14.8. The predicted octanol–water partition coefficient (Wildman–Crippen LogP) is 6.07. The highest BCUT2D eigenvalue weighted by Crippen LogP contribution is 2.21. The van der Waals surface area contributed by atoms with Gasteiger partial charge >= 0.3 is 0 Å². The molecule has 194 valence electrons. The fourth-order valence-corrected chi connectivity index (χ4v) is 5.36. The molecule has 0 spiro atoms. The van der Waals surface area contributed by atoms with Crippen molar-refractivity contribution in [1.82, 2.24) is 10.2 Å². The first-order valence-electron chi connectivity index (χ1n) is 13.3. The molecule has 1 N–H and O–H groups in total. The van der Waals surface area contributed by atoms with E-state index in [1.54, 1.807) is 23.1 Å². The second-order valence-corrected chi connectivity index (χ2v) is 10.3. The van der Waals surface area contributed by atoms with Crippen molar-refractivity contribution in [1.29, 1.82) is 0 Å². The van der Waals surface area contributed by atoms with Crippen LogP contribution in [0.1, 0.15) is 59.9 Å². The van der Waals surface area contributed by atoms with Gasteiger partial charge in [-0.1, -0.05) is 97.1 Å². The quantitative estimate of drug-likeness (QED) is 0.387. The number of rotatable bonds is 9. The molecule has 1 fully saturated rings. The summed E-state index contributed by atoms with van der Waals surface area (Å²) in [5.41, 5.74) is 4.43. The Morgan fingerprint density at radius 2 is 1.54 bits per heavy atom. The number of nitrogens with one attached hydrogen (secondary N) is 1. The van der Waals surface area contributed by atoms with Gasteiger partial charge in [0, 0.05) is 24.6 Å². The maximum Gasteiger partial charge on any atom is 0.243 e. The molecule has 0 unspecified atom stereocenters. The smallest absolute Gasteiger partial charge is 0.243 e. The van der Waals surface area contributed by atoms with Gasteiger partial charge < -0.3 is 10.2 Å². The Morgan fingerprint density at radius 1 is 0.892 bits per heavy atom. The zero-order valence-electron chi connectivity index (χ0n) is 21.9. The molecule has 1 aliphatic rings. The lowest BCUT2D eigenvalue weighted by Gasteiger charge is -2.33. The molecule has 5 heteroatoms. The van der Waals surface area contributed by atoms with Gasteiger partial charge in [-0.15, -0.1) is 0 Å². The Hall–Kier alpha value is -3.47. The summed E-state index contributed by atoms with van der Waals surface area (Å²) in [6, 6.07) is 21.7. The number of carbonyl (C=O) groups excluding carboxylic acids is 2. The van der Waals surface area contributed by atoms with Crippen molar-refractivity contribution in [3.05, 3.63) is 106 Å². The molecule has 2 amide bonds. The molecular weight excluding hydrogens is 463 g/mol. The number of amides is 2. The van der Waals surface area contributed by atoms with E-state index in [1.807, 2.05) is 56.3 Å². The second kappa shape index (κ2) is 12.7. The SMILES string of the molecule is Cc1cc(C)cc(CC(=O)N(Cc2ccccc2F)[C@@H](Cc2ccccc2)C(=O)NC2CCCCC2)c1. The second-order valence-electron chi connectivity index (χ2n) is 10.3. The zero-order chi connectivity index (χ0) is 26.2. The van der Waals surface area contributed by atoms with Crippen LogP contribution >= 0.6 is 0 Å². The fourth-order valence-electron chi connectivity index (χ4n) is 5.36. The van der Waals surface area contributed by atoms with Crippen molar-refractivity contribution < 1.29 is 14.0 Å². The Kier molecular flexibility index (Phi) is 9.10. The molecule has 3 aromatic carbocycles. The van der Waals surface area contributed by atoms with Crippen LogP contribution in [0.5, 0.6) is 0 Å². The number of aryl methyl sites for hydroxylation is 2. The monoisotopic (exact) mass is 500 g/mol. The highest BCUT2D eigenvalue weighted by Gasteiger charge is 2.32. The molecule has 1 saturated carbocycles. The standard InChI is InChI=1S/C32H37FN2O2/c1-23-17-24(2)19-26(18-23)21-31(36)35(22-27-13-9-10-16-29(27)33)30(20-25-11-5-3-6-12-25)32(37)34-28-14-7-4-8-15-28/h3,5-6,9-13,16-19,28,30H,4,7-8,14-15,20-22H2,1-2H3,(H,34,37)/t30-/m0/s1. The van der Waals surface area contributed by atoms with Crippen molar-refractivity contribution >= 4 is 11.8 Å². The van der Waals surface area contributed by atoms with Crippen LogP contribution in [0.2, 0.25) is 0 Å². The predicted molar refractivity (Wildman–Crippen MR) is 146 cm³/mol. The van der Waals surface area contributed by atoms with E-state index in [9.17, 15) is 14.0 Å². The van der Waals surface area contributed by atoms with Crippen molar-refractivity contribution in [3.8, 4) is 0 Å². The van der Waals surface area contributed by atoms with Crippen LogP contribution in [-0.2, 0) is 29.0 Å². The third kappa shape index (κ3) is 7.51. The summed E-state index contributed by atoms with van der Waals surface area (Å²) >= 11 is 0. The molecule has 3 aromatic rings. The molecular formula is C32H37FN2O2. The molecule has 1 atom stereocenters. The minimum atomic E-state index is -0.748. The molecule has 0 saturated heterocycles. The van der Waals surface area contributed by atoms with Gasteiger partial charge in [-0.3, -0.25) is 9.59 Å². The van der Waals surface area contributed by atoms with Crippen molar-refractivity contribution in [2.24, 2.45) is 0 Å². The van der Waals surface area contributed by atoms with Gasteiger partial charge in [-0.25, -0.2) is 4.39 Å². The summed E-state index contributed by atoms with van der Waals surface area (Å²) < 4.78 is 14.8. The third-order valence-corrected chi connectivity index (χ3v) is 7.16. The van der Waals surface area contributed by atoms with Crippen LogP contribution in [0.15, 0.2) is 72.8 Å². The summed E-state index contributed by atoms with van der Waals surface area (Å²) in [4.78, 5) is 29.3. The van der Waals surface area contributed by atoms with E-state index in [4.69, 9.17) is 0 Å². The van der Waals surface area contributed by atoms with E-state index < -0.39 is 6.04 Å². The van der Waals surface area contributed by atoms with E-state index in [-0.39, 0.29) is 36.6 Å². The number of hydrogen-bond donors (Lipinski definition) is 1. The van der Waals surface area contributed by atoms with E-state index in [1.165, 1.54) is 12.5 Å². The molecule has 0 aliphatic heterocycles. The molecule has 37 heavy (non-hydrogen) atoms. The lowest BCUT2D eigenvalue weighted by molar-refractivity contribution is -0.141.